The zero-order valence-corrected chi connectivity index (χ0v) is 17.6. The number of aliphatic hydroxyl groups excluding tert-OH is 1. The first-order valence-electron chi connectivity index (χ1n) is 8.11. The van der Waals surface area contributed by atoms with E-state index in [9.17, 15) is 4.79 Å². The molecule has 1 aromatic heterocycles. The zero-order valence-electron chi connectivity index (χ0n) is 15.2. The molecule has 0 fully saturated rings. The summed E-state index contributed by atoms with van der Waals surface area (Å²) in [6.45, 7) is 2.85. The minimum absolute atomic E-state index is 0. The molecule has 139 valence electrons. The standard InChI is InChI=1S/C16H11N2O.C5H8O2.Ir/c1-17-8-9-18(11-17)12-6-7-14-13-4-2-3-5-15(13)19-16(14)10-12;1-4(6)3-5(2)7;/h2-5,7-10H,1H3;3,6H,1-2H3;/q+1;;/b;4-3-;. The number of benzene rings is 2. The van der Waals surface area contributed by atoms with Gasteiger partial charge in [0.1, 0.15) is 11.3 Å². The van der Waals surface area contributed by atoms with Crippen molar-refractivity contribution in [3.63, 3.8) is 0 Å². The van der Waals surface area contributed by atoms with Crippen LogP contribution in [0.5, 0.6) is 0 Å². The normalized spacial score (nSPS) is 12.9. The van der Waals surface area contributed by atoms with Gasteiger partial charge in [-0.15, -0.1) is 6.07 Å². The number of fused-ring (bicyclic) bond motifs is 3. The molecule has 6 heteroatoms. The molecule has 3 aromatic rings. The number of hydrogen-bond donors (Lipinski definition) is 1. The predicted octanol–water partition coefficient (Wildman–Crippen LogP) is 4.37. The van der Waals surface area contributed by atoms with Gasteiger partial charge in [-0.25, -0.2) is 0 Å². The summed E-state index contributed by atoms with van der Waals surface area (Å²) in [7, 11) is 1.94. The molecule has 0 amide bonds. The Hall–Kier alpha value is -2.78. The molecule has 5 nitrogen and oxygen atoms in total. The maximum absolute atomic E-state index is 10.0. The van der Waals surface area contributed by atoms with Gasteiger partial charge in [0.25, 0.3) is 6.20 Å². The molecular weight excluding hydrogens is 520 g/mol. The molecule has 0 atom stereocenters. The number of hydrogen-bond acceptors (Lipinski definition) is 3. The van der Waals surface area contributed by atoms with Crippen LogP contribution < -0.4 is 0 Å². The van der Waals surface area contributed by atoms with Crippen molar-refractivity contribution in [2.24, 2.45) is 0 Å². The first-order valence-corrected chi connectivity index (χ1v) is 8.11. The Labute approximate surface area is 170 Å². The van der Waals surface area contributed by atoms with Crippen molar-refractivity contribution in [2.45, 2.75) is 13.8 Å². The number of furan rings is 1. The van der Waals surface area contributed by atoms with Crippen LogP contribution in [-0.4, -0.2) is 33.1 Å². The molecule has 0 unspecified atom stereocenters. The van der Waals surface area contributed by atoms with Gasteiger partial charge in [0.15, 0.2) is 12.8 Å². The van der Waals surface area contributed by atoms with Crippen LogP contribution in [0.1, 0.15) is 13.8 Å². The van der Waals surface area contributed by atoms with E-state index in [4.69, 9.17) is 9.52 Å². The fourth-order valence-corrected chi connectivity index (χ4v) is 2.62. The molecule has 2 heterocycles. The number of ketones is 1. The van der Waals surface area contributed by atoms with E-state index in [2.05, 4.69) is 18.1 Å². The third kappa shape index (κ3) is 4.89. The number of allylic oxidation sites excluding steroid dienone is 2. The third-order valence-corrected chi connectivity index (χ3v) is 3.67. The predicted molar refractivity (Wildman–Crippen MR) is 99.9 cm³/mol. The third-order valence-electron chi connectivity index (χ3n) is 3.67. The second kappa shape index (κ2) is 8.74. The van der Waals surface area contributed by atoms with E-state index in [1.807, 2.05) is 58.9 Å². The van der Waals surface area contributed by atoms with Crippen LogP contribution in [-0.2, 0) is 24.9 Å². The van der Waals surface area contributed by atoms with E-state index in [0.717, 1.165) is 27.6 Å². The largest absolute Gasteiger partial charge is 0.512 e. The van der Waals surface area contributed by atoms with Gasteiger partial charge in [0, 0.05) is 31.8 Å². The van der Waals surface area contributed by atoms with Gasteiger partial charge in [-0.1, -0.05) is 38.8 Å². The van der Waals surface area contributed by atoms with Gasteiger partial charge >= 0.3 is 6.01 Å². The molecule has 0 spiro atoms. The first-order chi connectivity index (χ1) is 12.4. The monoisotopic (exact) mass is 540 g/mol. The Kier molecular flexibility index (Phi) is 6.64. The Morgan fingerprint density at radius 2 is 1.93 bits per heavy atom. The van der Waals surface area contributed by atoms with Crippen molar-refractivity contribution in [1.29, 1.82) is 0 Å². The minimum atomic E-state index is -0.125. The number of nitrogens with zero attached hydrogens (tertiary/aromatic N) is 2. The second-order valence-electron chi connectivity index (χ2n) is 5.97. The van der Waals surface area contributed by atoms with E-state index in [-0.39, 0.29) is 31.6 Å². The van der Waals surface area contributed by atoms with Crippen LogP contribution in [0.2, 0.25) is 0 Å². The van der Waals surface area contributed by atoms with Gasteiger partial charge in [0.05, 0.1) is 5.76 Å². The Morgan fingerprint density at radius 3 is 2.52 bits per heavy atom. The van der Waals surface area contributed by atoms with Gasteiger partial charge in [-0.05, 0) is 25.3 Å². The molecule has 0 aliphatic carbocycles. The van der Waals surface area contributed by atoms with E-state index in [1.54, 1.807) is 0 Å². The van der Waals surface area contributed by atoms with E-state index in [1.165, 1.54) is 19.9 Å². The van der Waals surface area contributed by atoms with Gasteiger partial charge in [-0.3, -0.25) is 4.79 Å². The van der Waals surface area contributed by atoms with Crippen LogP contribution in [0.25, 0.3) is 21.9 Å². The molecule has 2 aromatic carbocycles. The summed E-state index contributed by atoms with van der Waals surface area (Å²) in [5, 5.41) is 10.6. The van der Waals surface area contributed by atoms with Crippen molar-refractivity contribution < 1.29 is 43.6 Å². The number of carbonyl (C=O) groups excluding carboxylic acids is 1. The maximum Gasteiger partial charge on any atom is 0.493 e. The second-order valence-corrected chi connectivity index (χ2v) is 5.97. The Bertz CT molecular complexity index is 1130. The quantitative estimate of drug-likeness (QED) is 0.228. The summed E-state index contributed by atoms with van der Waals surface area (Å²) >= 11 is 0. The van der Waals surface area contributed by atoms with Gasteiger partial charge in [0.2, 0.25) is 6.20 Å². The molecule has 1 aliphatic rings. The van der Waals surface area contributed by atoms with Crippen LogP contribution in [0, 0.1) is 6.07 Å². The molecule has 0 saturated heterocycles. The smallest absolute Gasteiger partial charge is 0.493 e. The summed E-state index contributed by atoms with van der Waals surface area (Å²) in [5.74, 6) is -0.0625. The molecule has 4 rings (SSSR count). The van der Waals surface area contributed by atoms with Crippen molar-refractivity contribution >= 4 is 39.4 Å². The van der Waals surface area contributed by atoms with Gasteiger partial charge in [-0.2, -0.15) is 6.07 Å². The summed E-state index contributed by atoms with van der Waals surface area (Å²) in [5.41, 5.74) is 2.71. The van der Waals surface area contributed by atoms with Crippen molar-refractivity contribution in [1.82, 2.24) is 0 Å². The molecule has 0 bridgehead atoms. The molecule has 0 saturated carbocycles. The van der Waals surface area contributed by atoms with Crippen LogP contribution >= 0.6 is 0 Å². The molecule has 1 radical (unpaired) electrons. The average Bonchev–Trinajstić information content (AvgIpc) is 3.16. The molecule has 1 aliphatic heterocycles. The fraction of sp³-hybridized carbons (Fsp3) is 0.143. The van der Waals surface area contributed by atoms with E-state index >= 15 is 0 Å². The maximum atomic E-state index is 10.0. The minimum Gasteiger partial charge on any atom is -0.512 e. The SMILES string of the molecule is CC(=O)/C=C(/C)O.C[N+]1=C=[N+](c2[c-]cc3c(c2)oc2ccccc23)C=C1.[Ir]. The van der Waals surface area contributed by atoms with Crippen LogP contribution in [0.15, 0.2) is 65.1 Å². The summed E-state index contributed by atoms with van der Waals surface area (Å²) in [6, 6.07) is 18.4. The van der Waals surface area contributed by atoms with Gasteiger partial charge < -0.3 is 9.52 Å². The van der Waals surface area contributed by atoms with E-state index < -0.39 is 0 Å². The fourth-order valence-electron chi connectivity index (χ4n) is 2.62. The average molecular weight is 540 g/mol. The molecular formula is C21H19IrN2O3+. The number of carbonyl (C=O) groups is 1. The van der Waals surface area contributed by atoms with Crippen molar-refractivity contribution in [2.75, 3.05) is 7.05 Å². The van der Waals surface area contributed by atoms with Crippen molar-refractivity contribution in [3.8, 4) is 0 Å². The zero-order chi connectivity index (χ0) is 18.7. The molecule has 1 N–H and O–H groups in total. The Balaban J connectivity index is 0.000000285. The molecule has 27 heavy (non-hydrogen) atoms. The number of aliphatic hydroxyl groups is 1. The summed E-state index contributed by atoms with van der Waals surface area (Å²) in [4.78, 5) is 10.0. The summed E-state index contributed by atoms with van der Waals surface area (Å²) < 4.78 is 9.63. The number of rotatable bonds is 2. The van der Waals surface area contributed by atoms with Crippen LogP contribution in [0.3, 0.4) is 0 Å². The van der Waals surface area contributed by atoms with E-state index in [0.29, 0.717) is 0 Å². The Morgan fingerprint density at radius 1 is 1.19 bits per heavy atom. The topological polar surface area (TPSA) is 56.5 Å². The number of para-hydroxylation sites is 1. The first kappa shape index (κ1) is 20.5. The van der Waals surface area contributed by atoms with Crippen LogP contribution in [0.4, 0.5) is 5.69 Å². The van der Waals surface area contributed by atoms with Crippen molar-refractivity contribution in [3.05, 3.63) is 66.7 Å². The summed E-state index contributed by atoms with van der Waals surface area (Å²) in [6.07, 6.45) is 5.05.